The number of alkyl carbamates (subject to hydrolysis) is 1. The topological polar surface area (TPSA) is 207 Å². The summed E-state index contributed by atoms with van der Waals surface area (Å²) in [6.07, 6.45) is -0.426. The van der Waals surface area contributed by atoms with Crippen LogP contribution in [0.5, 0.6) is 0 Å². The van der Waals surface area contributed by atoms with E-state index in [9.17, 15) is 38.4 Å². The summed E-state index contributed by atoms with van der Waals surface area (Å²) in [6, 6.07) is 11.3. The van der Waals surface area contributed by atoms with Crippen molar-refractivity contribution in [1.29, 1.82) is 0 Å². The quantitative estimate of drug-likeness (QED) is 0.151. The van der Waals surface area contributed by atoms with E-state index >= 15 is 0 Å². The molecule has 2 aromatic rings. The lowest BCUT2D eigenvalue weighted by Gasteiger charge is -2.33. The van der Waals surface area contributed by atoms with E-state index in [1.54, 1.807) is 81.4 Å². The molecule has 5 amide bonds. The molecule has 2 saturated heterocycles. The number of esters is 2. The molecular formula is C42H55N5O12. The van der Waals surface area contributed by atoms with E-state index in [0.29, 0.717) is 30.5 Å². The molecule has 0 spiro atoms. The van der Waals surface area contributed by atoms with Crippen molar-refractivity contribution in [3.8, 4) is 0 Å². The number of likely N-dealkylation sites (N-methyl/N-ethyl adjacent to an activating group) is 1. The summed E-state index contributed by atoms with van der Waals surface area (Å²) in [5.41, 5.74) is 0.225. The maximum absolute atomic E-state index is 13.7. The molecule has 17 heteroatoms. The number of amides is 5. The van der Waals surface area contributed by atoms with E-state index in [4.69, 9.17) is 18.9 Å². The number of carbonyl (C=O) groups is 8. The molecule has 2 N–H and O–H groups in total. The third-order valence-electron chi connectivity index (χ3n) is 9.89. The van der Waals surface area contributed by atoms with Gasteiger partial charge in [0, 0.05) is 25.7 Å². The van der Waals surface area contributed by atoms with Crippen LogP contribution in [-0.2, 0) is 49.5 Å². The molecule has 2 aliphatic rings. The fourth-order valence-corrected chi connectivity index (χ4v) is 6.60. The Kier molecular flexibility index (Phi) is 16.0. The smallest absolute Gasteiger partial charge is 0.410 e. The number of hydrogen-bond donors (Lipinski definition) is 2. The van der Waals surface area contributed by atoms with Crippen molar-refractivity contribution in [2.75, 3.05) is 33.4 Å². The Morgan fingerprint density at radius 3 is 2.14 bits per heavy atom. The minimum Gasteiger partial charge on any atom is -0.461 e. The summed E-state index contributed by atoms with van der Waals surface area (Å²) in [5.74, 6) is -4.24. The zero-order chi connectivity index (χ0) is 43.4. The van der Waals surface area contributed by atoms with E-state index in [1.165, 1.54) is 35.6 Å². The number of nitrogens with one attached hydrogen (secondary N) is 2. The third-order valence-corrected chi connectivity index (χ3v) is 9.89. The van der Waals surface area contributed by atoms with Crippen LogP contribution in [0.4, 0.5) is 9.59 Å². The number of likely N-dealkylation sites (tertiary alicyclic amines) is 2. The molecule has 4 rings (SSSR count). The van der Waals surface area contributed by atoms with Gasteiger partial charge in [-0.3, -0.25) is 24.1 Å². The van der Waals surface area contributed by atoms with Crippen LogP contribution in [0.2, 0.25) is 0 Å². The standard InChI is InChI=1S/C42H55N5O12/c1-26-21-33(47(22-26)36(50)27(2)43-35(49)28(3)45(7)37(51)32-19-14-20-46(32)41(55)59-42(4,5)6)39(53)56-24-31(44-40(54)58-23-29-15-10-8-11-16-29)38(52)57-25-34(48)30-17-12-9-13-18-30/h8-13,15-18,26-28,31-33H,14,19-25H2,1-7H3,(H,43,49)(H,44,54)/t26-,27-,28-,31-,32-,33-/m0/s1. The highest BCUT2D eigenvalue weighted by Gasteiger charge is 2.43. The first kappa shape index (κ1) is 45.7. The molecular weight excluding hydrogens is 766 g/mol. The Morgan fingerprint density at radius 1 is 0.847 bits per heavy atom. The Bertz CT molecular complexity index is 1840. The number of ketones is 1. The van der Waals surface area contributed by atoms with Crippen molar-refractivity contribution < 1.29 is 57.3 Å². The molecule has 6 atom stereocenters. The number of benzene rings is 2. The summed E-state index contributed by atoms with van der Waals surface area (Å²) in [5, 5.41) is 4.97. The second-order valence-corrected chi connectivity index (χ2v) is 15.8. The second kappa shape index (κ2) is 20.6. The van der Waals surface area contributed by atoms with Gasteiger partial charge in [-0.25, -0.2) is 19.2 Å². The number of hydrogen-bond acceptors (Lipinski definition) is 12. The van der Waals surface area contributed by atoms with E-state index < -0.39 is 96.7 Å². The van der Waals surface area contributed by atoms with Crippen molar-refractivity contribution in [1.82, 2.24) is 25.3 Å². The molecule has 0 radical (unpaired) electrons. The summed E-state index contributed by atoms with van der Waals surface area (Å²) >= 11 is 0. The Morgan fingerprint density at radius 2 is 1.49 bits per heavy atom. The lowest BCUT2D eigenvalue weighted by atomic mass is 10.1. The first-order valence-electron chi connectivity index (χ1n) is 19.6. The van der Waals surface area contributed by atoms with Gasteiger partial charge in [0.15, 0.2) is 18.4 Å². The molecule has 2 aliphatic heterocycles. The highest BCUT2D eigenvalue weighted by Crippen LogP contribution is 2.26. The zero-order valence-corrected chi connectivity index (χ0v) is 34.6. The zero-order valence-electron chi connectivity index (χ0n) is 34.6. The molecule has 17 nitrogen and oxygen atoms in total. The maximum atomic E-state index is 13.7. The molecule has 0 aliphatic carbocycles. The molecule has 2 heterocycles. The summed E-state index contributed by atoms with van der Waals surface area (Å²) in [7, 11) is 1.45. The molecule has 320 valence electrons. The predicted molar refractivity (Wildman–Crippen MR) is 211 cm³/mol. The van der Waals surface area contributed by atoms with E-state index in [2.05, 4.69) is 10.6 Å². The SMILES string of the molecule is C[C@H]1C[C@@H](C(=O)OC[C@H](NC(=O)OCc2ccccc2)C(=O)OCC(=O)c2ccccc2)N(C(=O)[C@H](C)NC(=O)[C@H](C)N(C)C(=O)[C@@H]2CCCN2C(=O)OC(C)(C)C)C1. The van der Waals surface area contributed by atoms with Gasteiger partial charge in [0.25, 0.3) is 0 Å². The molecule has 0 aromatic heterocycles. The molecule has 2 fully saturated rings. The van der Waals surface area contributed by atoms with Crippen molar-refractivity contribution in [3.63, 3.8) is 0 Å². The van der Waals surface area contributed by atoms with Crippen LogP contribution < -0.4 is 10.6 Å². The van der Waals surface area contributed by atoms with Crippen molar-refractivity contribution in [3.05, 3.63) is 71.8 Å². The van der Waals surface area contributed by atoms with Gasteiger partial charge < -0.3 is 39.4 Å². The highest BCUT2D eigenvalue weighted by molar-refractivity contribution is 5.98. The average Bonchev–Trinajstić information content (AvgIpc) is 3.87. The first-order valence-corrected chi connectivity index (χ1v) is 19.6. The van der Waals surface area contributed by atoms with Crippen molar-refractivity contribution in [2.24, 2.45) is 5.92 Å². The summed E-state index contributed by atoms with van der Waals surface area (Å²) < 4.78 is 21.4. The van der Waals surface area contributed by atoms with Crippen LogP contribution in [0.25, 0.3) is 0 Å². The van der Waals surface area contributed by atoms with Crippen LogP contribution in [0, 0.1) is 5.92 Å². The normalized spacial score (nSPS) is 19.1. The van der Waals surface area contributed by atoms with Gasteiger partial charge >= 0.3 is 24.1 Å². The van der Waals surface area contributed by atoms with Crippen LogP contribution in [0.15, 0.2) is 60.7 Å². The minimum absolute atomic E-state index is 0.120. The van der Waals surface area contributed by atoms with Gasteiger partial charge in [-0.2, -0.15) is 0 Å². The van der Waals surface area contributed by atoms with Gasteiger partial charge in [0.05, 0.1) is 0 Å². The van der Waals surface area contributed by atoms with Gasteiger partial charge in [-0.15, -0.1) is 0 Å². The van der Waals surface area contributed by atoms with Crippen LogP contribution in [0.3, 0.4) is 0 Å². The van der Waals surface area contributed by atoms with E-state index in [-0.39, 0.29) is 25.5 Å². The highest BCUT2D eigenvalue weighted by atomic mass is 16.6. The molecule has 0 unspecified atom stereocenters. The fraction of sp³-hybridized carbons (Fsp3) is 0.524. The lowest BCUT2D eigenvalue weighted by Crippen LogP contribution is -2.56. The molecule has 59 heavy (non-hydrogen) atoms. The Balaban J connectivity index is 1.36. The van der Waals surface area contributed by atoms with Crippen LogP contribution >= 0.6 is 0 Å². The van der Waals surface area contributed by atoms with E-state index in [0.717, 1.165) is 0 Å². The molecule has 0 saturated carbocycles. The number of Topliss-reactive ketones (excluding diaryl/α,β-unsaturated/α-hetero) is 1. The van der Waals surface area contributed by atoms with Crippen molar-refractivity contribution in [2.45, 2.75) is 103 Å². The predicted octanol–water partition coefficient (Wildman–Crippen LogP) is 3.24. The number of ether oxygens (including phenoxy) is 4. The summed E-state index contributed by atoms with van der Waals surface area (Å²) in [6.45, 7) is 8.99. The average molecular weight is 822 g/mol. The number of nitrogens with zero attached hydrogens (tertiary/aromatic N) is 3. The van der Waals surface area contributed by atoms with Gasteiger partial charge in [0.2, 0.25) is 17.7 Å². The van der Waals surface area contributed by atoms with Gasteiger partial charge in [0.1, 0.15) is 43.0 Å². The first-order chi connectivity index (χ1) is 27.9. The number of carbonyl (C=O) groups excluding carboxylic acids is 8. The number of rotatable bonds is 15. The monoisotopic (exact) mass is 821 g/mol. The van der Waals surface area contributed by atoms with E-state index in [1.807, 2.05) is 6.92 Å². The van der Waals surface area contributed by atoms with Crippen LogP contribution in [-0.4, -0.2) is 131 Å². The van der Waals surface area contributed by atoms with Gasteiger partial charge in [-0.05, 0) is 65.4 Å². The second-order valence-electron chi connectivity index (χ2n) is 15.8. The summed E-state index contributed by atoms with van der Waals surface area (Å²) in [4.78, 5) is 109. The Labute approximate surface area is 344 Å². The molecule has 2 aromatic carbocycles. The Hall–Kier alpha value is -6.00. The lowest BCUT2D eigenvalue weighted by molar-refractivity contribution is -0.157. The van der Waals surface area contributed by atoms with Gasteiger partial charge in [-0.1, -0.05) is 67.6 Å². The fourth-order valence-electron chi connectivity index (χ4n) is 6.60. The maximum Gasteiger partial charge on any atom is 0.410 e. The third kappa shape index (κ3) is 13.0. The largest absolute Gasteiger partial charge is 0.461 e. The minimum atomic E-state index is -1.58. The van der Waals surface area contributed by atoms with Crippen molar-refractivity contribution >= 4 is 47.6 Å². The molecule has 0 bridgehead atoms. The van der Waals surface area contributed by atoms with Crippen LogP contribution in [0.1, 0.15) is 76.7 Å².